The fourth-order valence-corrected chi connectivity index (χ4v) is 3.24. The van der Waals surface area contributed by atoms with Crippen molar-refractivity contribution in [2.75, 3.05) is 16.8 Å². The number of carbonyl (C=O) groups excluding carboxylic acids is 2. The maximum Gasteiger partial charge on any atom is 0.229 e. The number of aryl methyl sites for hydroxylation is 2. The second-order valence-corrected chi connectivity index (χ2v) is 7.03. The molecule has 0 saturated carbocycles. The van der Waals surface area contributed by atoms with E-state index >= 15 is 0 Å². The van der Waals surface area contributed by atoms with Crippen LogP contribution < -0.4 is 10.2 Å². The molecular weight excluding hydrogens is 324 g/mol. The first-order valence-corrected chi connectivity index (χ1v) is 9.33. The first-order chi connectivity index (χ1) is 12.6. The largest absolute Gasteiger partial charge is 0.326 e. The fourth-order valence-electron chi connectivity index (χ4n) is 3.24. The molecule has 4 heteroatoms. The molecule has 1 heterocycles. The lowest BCUT2D eigenvalue weighted by molar-refractivity contribution is -0.122. The Morgan fingerprint density at radius 2 is 1.81 bits per heavy atom. The van der Waals surface area contributed by atoms with Crippen molar-refractivity contribution in [2.45, 2.75) is 39.5 Å². The third-order valence-corrected chi connectivity index (χ3v) is 4.88. The van der Waals surface area contributed by atoms with Crippen LogP contribution in [-0.4, -0.2) is 18.4 Å². The molecule has 0 aromatic heterocycles. The van der Waals surface area contributed by atoms with Crippen LogP contribution in [0, 0.1) is 12.8 Å². The molecule has 2 aromatic carbocycles. The molecule has 0 radical (unpaired) electrons. The SMILES string of the molecule is CCCCc1ccc(NC(=O)C2CC(=O)N(c3ccc(C)cc3)C2)cc1. The normalized spacial score (nSPS) is 16.8. The number of carbonyl (C=O) groups is 2. The lowest BCUT2D eigenvalue weighted by Gasteiger charge is -2.17. The molecule has 1 atom stereocenters. The van der Waals surface area contributed by atoms with Gasteiger partial charge in [0.2, 0.25) is 11.8 Å². The van der Waals surface area contributed by atoms with Crippen LogP contribution in [-0.2, 0) is 16.0 Å². The Morgan fingerprint density at radius 3 is 2.46 bits per heavy atom. The zero-order valence-electron chi connectivity index (χ0n) is 15.5. The van der Waals surface area contributed by atoms with Crippen molar-refractivity contribution >= 4 is 23.2 Å². The number of nitrogens with one attached hydrogen (secondary N) is 1. The van der Waals surface area contributed by atoms with Gasteiger partial charge in [0.05, 0.1) is 5.92 Å². The predicted molar refractivity (Wildman–Crippen MR) is 105 cm³/mol. The molecular formula is C22H26N2O2. The number of hydrogen-bond acceptors (Lipinski definition) is 2. The van der Waals surface area contributed by atoms with Gasteiger partial charge in [-0.2, -0.15) is 0 Å². The van der Waals surface area contributed by atoms with Crippen molar-refractivity contribution in [1.29, 1.82) is 0 Å². The molecule has 0 bridgehead atoms. The van der Waals surface area contributed by atoms with E-state index in [-0.39, 0.29) is 24.2 Å². The van der Waals surface area contributed by atoms with Gasteiger partial charge in [-0.05, 0) is 49.6 Å². The molecule has 136 valence electrons. The van der Waals surface area contributed by atoms with E-state index in [9.17, 15) is 9.59 Å². The van der Waals surface area contributed by atoms with Crippen LogP contribution in [0.3, 0.4) is 0 Å². The summed E-state index contributed by atoms with van der Waals surface area (Å²) in [4.78, 5) is 26.6. The van der Waals surface area contributed by atoms with Crippen LogP contribution in [0.2, 0.25) is 0 Å². The lowest BCUT2D eigenvalue weighted by Crippen LogP contribution is -2.28. The highest BCUT2D eigenvalue weighted by Crippen LogP contribution is 2.26. The summed E-state index contributed by atoms with van der Waals surface area (Å²) in [6.45, 7) is 4.62. The molecule has 26 heavy (non-hydrogen) atoms. The minimum absolute atomic E-state index is 0.00363. The number of unbranched alkanes of at least 4 members (excludes halogenated alkanes) is 1. The zero-order valence-corrected chi connectivity index (χ0v) is 15.5. The minimum Gasteiger partial charge on any atom is -0.326 e. The van der Waals surface area contributed by atoms with Gasteiger partial charge >= 0.3 is 0 Å². The van der Waals surface area contributed by atoms with Crippen molar-refractivity contribution < 1.29 is 9.59 Å². The van der Waals surface area contributed by atoms with Crippen LogP contribution in [0.4, 0.5) is 11.4 Å². The highest BCUT2D eigenvalue weighted by Gasteiger charge is 2.35. The Bertz CT molecular complexity index is 766. The van der Waals surface area contributed by atoms with Crippen LogP contribution in [0.15, 0.2) is 48.5 Å². The summed E-state index contributed by atoms with van der Waals surface area (Å²) in [5.74, 6) is -0.401. The Hall–Kier alpha value is -2.62. The summed E-state index contributed by atoms with van der Waals surface area (Å²) in [5, 5.41) is 2.95. The van der Waals surface area contributed by atoms with Crippen LogP contribution in [0.1, 0.15) is 37.3 Å². The number of hydrogen-bond donors (Lipinski definition) is 1. The Morgan fingerprint density at radius 1 is 1.12 bits per heavy atom. The van der Waals surface area contributed by atoms with Crippen molar-refractivity contribution in [2.24, 2.45) is 5.92 Å². The van der Waals surface area contributed by atoms with Crippen LogP contribution in [0.5, 0.6) is 0 Å². The van der Waals surface area contributed by atoms with Gasteiger partial charge in [-0.1, -0.05) is 43.2 Å². The highest BCUT2D eigenvalue weighted by molar-refractivity contribution is 6.03. The molecule has 1 aliphatic rings. The van der Waals surface area contributed by atoms with Gasteiger partial charge in [0.25, 0.3) is 0 Å². The van der Waals surface area contributed by atoms with Crippen molar-refractivity contribution in [3.8, 4) is 0 Å². The van der Waals surface area contributed by atoms with Crippen molar-refractivity contribution in [3.63, 3.8) is 0 Å². The van der Waals surface area contributed by atoms with Gasteiger partial charge in [0.15, 0.2) is 0 Å². The average molecular weight is 350 g/mol. The summed E-state index contributed by atoms with van der Waals surface area (Å²) in [6, 6.07) is 15.8. The van der Waals surface area contributed by atoms with Gasteiger partial charge in [0.1, 0.15) is 0 Å². The number of benzene rings is 2. The maximum atomic E-state index is 12.6. The molecule has 1 N–H and O–H groups in total. The second kappa shape index (κ2) is 8.17. The Balaban J connectivity index is 1.60. The van der Waals surface area contributed by atoms with E-state index in [1.165, 1.54) is 18.4 Å². The molecule has 1 fully saturated rings. The van der Waals surface area contributed by atoms with E-state index in [2.05, 4.69) is 24.4 Å². The van der Waals surface area contributed by atoms with E-state index in [4.69, 9.17) is 0 Å². The molecule has 0 aliphatic carbocycles. The number of amides is 2. The first kappa shape index (κ1) is 18.2. The fraction of sp³-hybridized carbons (Fsp3) is 0.364. The molecule has 1 unspecified atom stereocenters. The summed E-state index contributed by atoms with van der Waals surface area (Å²) in [5.41, 5.74) is 4.08. The molecule has 1 saturated heterocycles. The van der Waals surface area contributed by atoms with Crippen LogP contribution in [0.25, 0.3) is 0 Å². The molecule has 2 aromatic rings. The summed E-state index contributed by atoms with van der Waals surface area (Å²) >= 11 is 0. The zero-order chi connectivity index (χ0) is 18.5. The van der Waals surface area contributed by atoms with E-state index in [0.717, 1.165) is 23.4 Å². The molecule has 2 amide bonds. The van der Waals surface area contributed by atoms with E-state index in [0.29, 0.717) is 6.54 Å². The van der Waals surface area contributed by atoms with Crippen molar-refractivity contribution in [1.82, 2.24) is 0 Å². The van der Waals surface area contributed by atoms with Crippen LogP contribution >= 0.6 is 0 Å². The summed E-state index contributed by atoms with van der Waals surface area (Å²) in [6.07, 6.45) is 3.66. The van der Waals surface area contributed by atoms with Gasteiger partial charge in [-0.3, -0.25) is 9.59 Å². The summed E-state index contributed by atoms with van der Waals surface area (Å²) in [7, 11) is 0. The van der Waals surface area contributed by atoms with Crippen molar-refractivity contribution in [3.05, 3.63) is 59.7 Å². The molecule has 1 aliphatic heterocycles. The quantitative estimate of drug-likeness (QED) is 0.843. The Kier molecular flexibility index (Phi) is 5.71. The summed E-state index contributed by atoms with van der Waals surface area (Å²) < 4.78 is 0. The smallest absolute Gasteiger partial charge is 0.229 e. The minimum atomic E-state index is -0.316. The number of anilines is 2. The standard InChI is InChI=1S/C22H26N2O2/c1-3-4-5-17-8-10-19(11-9-17)23-22(26)18-14-21(25)24(15-18)20-12-6-16(2)7-13-20/h6-13,18H,3-5,14-15H2,1-2H3,(H,23,26). The lowest BCUT2D eigenvalue weighted by atomic mass is 10.1. The molecule has 4 nitrogen and oxygen atoms in total. The molecule has 0 spiro atoms. The second-order valence-electron chi connectivity index (χ2n) is 7.03. The average Bonchev–Trinajstić information content (AvgIpc) is 3.04. The van der Waals surface area contributed by atoms with Gasteiger partial charge in [0, 0.05) is 24.3 Å². The Labute approximate surface area is 155 Å². The number of nitrogens with zero attached hydrogens (tertiary/aromatic N) is 1. The third kappa shape index (κ3) is 4.31. The third-order valence-electron chi connectivity index (χ3n) is 4.88. The van der Waals surface area contributed by atoms with E-state index in [1.807, 2.05) is 43.3 Å². The van der Waals surface area contributed by atoms with Gasteiger partial charge in [-0.25, -0.2) is 0 Å². The topological polar surface area (TPSA) is 49.4 Å². The first-order valence-electron chi connectivity index (χ1n) is 9.33. The van der Waals surface area contributed by atoms with Gasteiger partial charge < -0.3 is 10.2 Å². The predicted octanol–water partition coefficient (Wildman–Crippen LogP) is 4.33. The molecule has 3 rings (SSSR count). The van der Waals surface area contributed by atoms with E-state index < -0.39 is 0 Å². The highest BCUT2D eigenvalue weighted by atomic mass is 16.2. The monoisotopic (exact) mass is 350 g/mol. The number of rotatable bonds is 6. The maximum absolute atomic E-state index is 12.6. The van der Waals surface area contributed by atoms with E-state index in [1.54, 1.807) is 4.90 Å². The van der Waals surface area contributed by atoms with Gasteiger partial charge in [-0.15, -0.1) is 0 Å².